The van der Waals surface area contributed by atoms with E-state index < -0.39 is 0 Å². The number of nitrogens with zero attached hydrogens (tertiary/aromatic N) is 3. The largest absolute Gasteiger partial charge is 0.356 e. The summed E-state index contributed by atoms with van der Waals surface area (Å²) in [6, 6.07) is 11.9. The predicted octanol–water partition coefficient (Wildman–Crippen LogP) is 3.26. The maximum Gasteiger partial charge on any atom is 0.257 e. The summed E-state index contributed by atoms with van der Waals surface area (Å²) in [7, 11) is 1.86. The molecule has 1 fully saturated rings. The standard InChI is InChI=1S/C19H23N3O/c1-15-8-3-4-9-16(15)14-21(2)19(23)17-10-7-11-20-18(17)22-12-5-6-13-22/h3-4,7-11H,5-6,12-14H2,1-2H3. The SMILES string of the molecule is Cc1ccccc1CN(C)C(=O)c1cccnc1N1CCCC1. The van der Waals surface area contributed by atoms with Crippen molar-refractivity contribution >= 4 is 11.7 Å². The highest BCUT2D eigenvalue weighted by atomic mass is 16.2. The first-order chi connectivity index (χ1) is 11.2. The fourth-order valence-electron chi connectivity index (χ4n) is 3.07. The molecule has 0 saturated carbocycles. The molecule has 2 aromatic rings. The van der Waals surface area contributed by atoms with Crippen LogP contribution in [0.3, 0.4) is 0 Å². The molecule has 0 spiro atoms. The highest BCUT2D eigenvalue weighted by molar-refractivity contribution is 5.98. The van der Waals surface area contributed by atoms with E-state index in [-0.39, 0.29) is 5.91 Å². The summed E-state index contributed by atoms with van der Waals surface area (Å²) in [6.07, 6.45) is 4.11. The molecule has 0 aliphatic carbocycles. The summed E-state index contributed by atoms with van der Waals surface area (Å²) in [5.41, 5.74) is 3.08. The van der Waals surface area contributed by atoms with Crippen molar-refractivity contribution in [3.63, 3.8) is 0 Å². The Kier molecular flexibility index (Phi) is 4.60. The van der Waals surface area contributed by atoms with Gasteiger partial charge in [0.1, 0.15) is 5.82 Å². The molecule has 23 heavy (non-hydrogen) atoms. The van der Waals surface area contributed by atoms with Gasteiger partial charge in [-0.05, 0) is 43.0 Å². The minimum absolute atomic E-state index is 0.0308. The molecule has 0 unspecified atom stereocenters. The number of benzene rings is 1. The number of carbonyl (C=O) groups excluding carboxylic acids is 1. The number of rotatable bonds is 4. The van der Waals surface area contributed by atoms with Crippen molar-refractivity contribution in [2.75, 3.05) is 25.0 Å². The van der Waals surface area contributed by atoms with Crippen LogP contribution in [-0.2, 0) is 6.54 Å². The van der Waals surface area contributed by atoms with Crippen molar-refractivity contribution in [1.82, 2.24) is 9.88 Å². The predicted molar refractivity (Wildman–Crippen MR) is 92.7 cm³/mol. The summed E-state index contributed by atoms with van der Waals surface area (Å²) in [4.78, 5) is 21.4. The lowest BCUT2D eigenvalue weighted by Crippen LogP contribution is -2.30. The summed E-state index contributed by atoms with van der Waals surface area (Å²) in [5, 5.41) is 0. The highest BCUT2D eigenvalue weighted by Gasteiger charge is 2.22. The van der Waals surface area contributed by atoms with Crippen LogP contribution in [0, 0.1) is 6.92 Å². The van der Waals surface area contributed by atoms with Crippen molar-refractivity contribution in [3.05, 3.63) is 59.3 Å². The Labute approximate surface area is 137 Å². The number of hydrogen-bond donors (Lipinski definition) is 0. The number of amides is 1. The van der Waals surface area contributed by atoms with Gasteiger partial charge in [-0.2, -0.15) is 0 Å². The third kappa shape index (κ3) is 3.36. The fourth-order valence-corrected chi connectivity index (χ4v) is 3.07. The summed E-state index contributed by atoms with van der Waals surface area (Å²) in [6.45, 7) is 4.66. The van der Waals surface area contributed by atoms with Crippen molar-refractivity contribution in [2.24, 2.45) is 0 Å². The van der Waals surface area contributed by atoms with E-state index in [1.54, 1.807) is 11.1 Å². The van der Waals surface area contributed by atoms with E-state index in [1.165, 1.54) is 24.0 Å². The average molecular weight is 309 g/mol. The lowest BCUT2D eigenvalue weighted by Gasteiger charge is -2.23. The van der Waals surface area contributed by atoms with Gasteiger partial charge in [-0.15, -0.1) is 0 Å². The Balaban J connectivity index is 1.81. The zero-order valence-electron chi connectivity index (χ0n) is 13.8. The topological polar surface area (TPSA) is 36.4 Å². The second kappa shape index (κ2) is 6.82. The molecule has 0 bridgehead atoms. The van der Waals surface area contributed by atoms with Crippen molar-refractivity contribution in [2.45, 2.75) is 26.3 Å². The zero-order chi connectivity index (χ0) is 16.2. The van der Waals surface area contributed by atoms with Crippen LogP contribution in [0.4, 0.5) is 5.82 Å². The molecule has 1 amide bonds. The van der Waals surface area contributed by atoms with E-state index in [9.17, 15) is 4.79 Å². The molecule has 120 valence electrons. The Morgan fingerprint density at radius 2 is 1.91 bits per heavy atom. The first-order valence-corrected chi connectivity index (χ1v) is 8.17. The van der Waals surface area contributed by atoms with E-state index in [4.69, 9.17) is 0 Å². The summed E-state index contributed by atoms with van der Waals surface area (Å²) < 4.78 is 0. The molecule has 1 aromatic heterocycles. The van der Waals surface area contributed by atoms with Crippen LogP contribution in [0.5, 0.6) is 0 Å². The lowest BCUT2D eigenvalue weighted by atomic mass is 10.1. The van der Waals surface area contributed by atoms with Crippen molar-refractivity contribution in [3.8, 4) is 0 Å². The van der Waals surface area contributed by atoms with Gasteiger partial charge in [0, 0.05) is 32.9 Å². The number of pyridine rings is 1. The quantitative estimate of drug-likeness (QED) is 0.870. The second-order valence-electron chi connectivity index (χ2n) is 6.16. The normalized spacial score (nSPS) is 14.1. The number of aromatic nitrogens is 1. The molecular formula is C19H23N3O. The monoisotopic (exact) mass is 309 g/mol. The van der Waals surface area contributed by atoms with Gasteiger partial charge >= 0.3 is 0 Å². The zero-order valence-corrected chi connectivity index (χ0v) is 13.8. The van der Waals surface area contributed by atoms with Gasteiger partial charge in [-0.1, -0.05) is 24.3 Å². The van der Waals surface area contributed by atoms with E-state index in [0.717, 1.165) is 18.9 Å². The molecule has 1 aliphatic heterocycles. The molecule has 1 aromatic carbocycles. The average Bonchev–Trinajstić information content (AvgIpc) is 3.10. The maximum atomic E-state index is 12.9. The molecule has 1 saturated heterocycles. The van der Waals surface area contributed by atoms with Crippen LogP contribution < -0.4 is 4.90 Å². The fraction of sp³-hybridized carbons (Fsp3) is 0.368. The molecule has 1 aliphatic rings. The minimum atomic E-state index is 0.0308. The molecular weight excluding hydrogens is 286 g/mol. The first kappa shape index (κ1) is 15.5. The van der Waals surface area contributed by atoms with Gasteiger partial charge < -0.3 is 9.80 Å². The molecule has 2 heterocycles. The molecule has 0 atom stereocenters. The van der Waals surface area contributed by atoms with E-state index >= 15 is 0 Å². The lowest BCUT2D eigenvalue weighted by molar-refractivity contribution is 0.0785. The number of hydrogen-bond acceptors (Lipinski definition) is 3. The Bertz CT molecular complexity index is 693. The van der Waals surface area contributed by atoms with Crippen LogP contribution in [-0.4, -0.2) is 35.9 Å². The number of aryl methyl sites for hydroxylation is 1. The van der Waals surface area contributed by atoms with E-state index in [0.29, 0.717) is 12.1 Å². The van der Waals surface area contributed by atoms with Gasteiger partial charge in [0.25, 0.3) is 5.91 Å². The van der Waals surface area contributed by atoms with Crippen LogP contribution >= 0.6 is 0 Å². The molecule has 0 N–H and O–H groups in total. The van der Waals surface area contributed by atoms with Crippen LogP contribution in [0.15, 0.2) is 42.6 Å². The summed E-state index contributed by atoms with van der Waals surface area (Å²) in [5.74, 6) is 0.856. The third-order valence-electron chi connectivity index (χ3n) is 4.44. The molecule has 3 rings (SSSR count). The van der Waals surface area contributed by atoms with Crippen LogP contribution in [0.2, 0.25) is 0 Å². The second-order valence-corrected chi connectivity index (χ2v) is 6.16. The molecule has 4 nitrogen and oxygen atoms in total. The number of carbonyl (C=O) groups is 1. The Morgan fingerprint density at radius 3 is 2.65 bits per heavy atom. The van der Waals surface area contributed by atoms with Crippen LogP contribution in [0.25, 0.3) is 0 Å². The Hall–Kier alpha value is -2.36. The highest BCUT2D eigenvalue weighted by Crippen LogP contribution is 2.23. The first-order valence-electron chi connectivity index (χ1n) is 8.17. The van der Waals surface area contributed by atoms with Crippen LogP contribution in [0.1, 0.15) is 34.3 Å². The Morgan fingerprint density at radius 1 is 1.17 bits per heavy atom. The molecule has 4 heteroatoms. The van der Waals surface area contributed by atoms with Crippen molar-refractivity contribution in [1.29, 1.82) is 0 Å². The van der Waals surface area contributed by atoms with E-state index in [1.807, 2.05) is 31.3 Å². The smallest absolute Gasteiger partial charge is 0.257 e. The summed E-state index contributed by atoms with van der Waals surface area (Å²) >= 11 is 0. The van der Waals surface area contributed by atoms with Gasteiger partial charge in [0.15, 0.2) is 0 Å². The van der Waals surface area contributed by atoms with Gasteiger partial charge in [0.05, 0.1) is 5.56 Å². The van der Waals surface area contributed by atoms with Gasteiger partial charge in [-0.25, -0.2) is 4.98 Å². The van der Waals surface area contributed by atoms with Gasteiger partial charge in [0.2, 0.25) is 0 Å². The minimum Gasteiger partial charge on any atom is -0.356 e. The maximum absolute atomic E-state index is 12.9. The molecule has 0 radical (unpaired) electrons. The van der Waals surface area contributed by atoms with Crippen molar-refractivity contribution < 1.29 is 4.79 Å². The third-order valence-corrected chi connectivity index (χ3v) is 4.44. The number of anilines is 1. The van der Waals surface area contributed by atoms with Gasteiger partial charge in [-0.3, -0.25) is 4.79 Å². The van der Waals surface area contributed by atoms with E-state index in [2.05, 4.69) is 28.9 Å².